The zero-order valence-electron chi connectivity index (χ0n) is 13.8. The molecule has 128 valence electrons. The maximum absolute atomic E-state index is 12.8. The summed E-state index contributed by atoms with van der Waals surface area (Å²) in [6.45, 7) is 3.24. The van der Waals surface area contributed by atoms with Gasteiger partial charge in [-0.2, -0.15) is 0 Å². The summed E-state index contributed by atoms with van der Waals surface area (Å²) >= 11 is 5.94. The number of rotatable bonds is 4. The number of nitrogens with zero attached hydrogens (tertiary/aromatic N) is 3. The van der Waals surface area contributed by atoms with Crippen molar-refractivity contribution in [2.24, 2.45) is 5.10 Å². The van der Waals surface area contributed by atoms with E-state index in [4.69, 9.17) is 11.6 Å². The van der Waals surface area contributed by atoms with Crippen LogP contribution in [0.5, 0.6) is 0 Å². The Bertz CT molecular complexity index is 821. The molecule has 0 aliphatic carbocycles. The third-order valence-corrected chi connectivity index (χ3v) is 4.02. The van der Waals surface area contributed by atoms with Gasteiger partial charge in [0, 0.05) is 17.5 Å². The summed E-state index contributed by atoms with van der Waals surface area (Å²) in [6, 6.07) is 15.9. The maximum Gasteiger partial charge on any atom is 0.235 e. The topological polar surface area (TPSA) is 65.0 Å². The second-order valence-corrected chi connectivity index (χ2v) is 6.05. The van der Waals surface area contributed by atoms with E-state index in [0.29, 0.717) is 10.6 Å². The summed E-state index contributed by atoms with van der Waals surface area (Å²) < 4.78 is 0. The van der Waals surface area contributed by atoms with Crippen LogP contribution in [0.4, 0.5) is 5.69 Å². The van der Waals surface area contributed by atoms with Gasteiger partial charge >= 0.3 is 0 Å². The molecule has 6 nitrogen and oxygen atoms in total. The fourth-order valence-electron chi connectivity index (χ4n) is 2.58. The van der Waals surface area contributed by atoms with Gasteiger partial charge in [-0.25, -0.2) is 10.0 Å². The number of amides is 1. The number of carbonyl (C=O) groups excluding carboxylic acids is 2. The molecule has 2 aromatic rings. The first kappa shape index (κ1) is 17.0. The van der Waals surface area contributed by atoms with E-state index < -0.39 is 0 Å². The minimum absolute atomic E-state index is 0.156. The lowest BCUT2D eigenvalue weighted by Crippen LogP contribution is -2.52. The van der Waals surface area contributed by atoms with Gasteiger partial charge in [0.05, 0.1) is 5.69 Å². The smallest absolute Gasteiger partial charge is 0.235 e. The average molecular weight is 357 g/mol. The van der Waals surface area contributed by atoms with E-state index in [1.54, 1.807) is 41.4 Å². The summed E-state index contributed by atoms with van der Waals surface area (Å²) in [7, 11) is 0. The second kappa shape index (κ2) is 6.94. The fraction of sp³-hybridized carbons (Fsp3) is 0.167. The Morgan fingerprint density at radius 3 is 2.32 bits per heavy atom. The lowest BCUT2D eigenvalue weighted by Gasteiger charge is -2.28. The quantitative estimate of drug-likeness (QED) is 0.855. The summed E-state index contributed by atoms with van der Waals surface area (Å²) in [5, 5.41) is 8.21. The zero-order chi connectivity index (χ0) is 18.0. The molecule has 7 heteroatoms. The maximum atomic E-state index is 12.8. The summed E-state index contributed by atoms with van der Waals surface area (Å²) in [4.78, 5) is 24.4. The summed E-state index contributed by atoms with van der Waals surface area (Å²) in [5.74, 6) is -0.389. The lowest BCUT2D eigenvalue weighted by molar-refractivity contribution is -0.122. The normalized spacial score (nSPS) is 16.6. The average Bonchev–Trinajstić information content (AvgIpc) is 2.92. The molecular formula is C18H17ClN4O2. The molecule has 3 rings (SSSR count). The van der Waals surface area contributed by atoms with E-state index in [0.717, 1.165) is 5.69 Å². The molecular weight excluding hydrogens is 340 g/mol. The van der Waals surface area contributed by atoms with Gasteiger partial charge < -0.3 is 0 Å². The predicted molar refractivity (Wildman–Crippen MR) is 97.3 cm³/mol. The van der Waals surface area contributed by atoms with Crippen LogP contribution in [-0.2, 0) is 4.79 Å². The molecule has 1 amide bonds. The number of hydrogen-bond donors (Lipinski definition) is 1. The summed E-state index contributed by atoms with van der Waals surface area (Å²) in [5.41, 5.74) is 3.95. The van der Waals surface area contributed by atoms with E-state index in [9.17, 15) is 9.59 Å². The van der Waals surface area contributed by atoms with E-state index in [1.807, 2.05) is 25.1 Å². The highest BCUT2D eigenvalue weighted by atomic mass is 35.5. The largest absolute Gasteiger partial charge is 0.285 e. The number of nitrogens with one attached hydrogen (secondary N) is 1. The number of hydrazine groups is 1. The number of benzene rings is 2. The first-order chi connectivity index (χ1) is 12.0. The van der Waals surface area contributed by atoms with Gasteiger partial charge in [0.1, 0.15) is 6.17 Å². The molecule has 0 bridgehead atoms. The van der Waals surface area contributed by atoms with Crippen molar-refractivity contribution in [3.05, 3.63) is 65.2 Å². The SMILES string of the molecule is CC(=O)NN1C(C(=O)c2ccccc2)=NN(c2ccc(Cl)cc2)C1C. The molecule has 25 heavy (non-hydrogen) atoms. The van der Waals surface area contributed by atoms with Crippen LogP contribution < -0.4 is 10.4 Å². The first-order valence-electron chi connectivity index (χ1n) is 7.77. The van der Waals surface area contributed by atoms with Crippen molar-refractivity contribution in [1.82, 2.24) is 10.4 Å². The predicted octanol–water partition coefficient (Wildman–Crippen LogP) is 3.06. The van der Waals surface area contributed by atoms with Crippen LogP contribution in [-0.4, -0.2) is 28.7 Å². The molecule has 1 atom stereocenters. The van der Waals surface area contributed by atoms with E-state index in [2.05, 4.69) is 10.5 Å². The van der Waals surface area contributed by atoms with Gasteiger partial charge in [-0.1, -0.05) is 41.9 Å². The fourth-order valence-corrected chi connectivity index (χ4v) is 2.70. The van der Waals surface area contributed by atoms with Crippen LogP contribution in [0.1, 0.15) is 24.2 Å². The van der Waals surface area contributed by atoms with Crippen molar-refractivity contribution >= 4 is 34.8 Å². The van der Waals surface area contributed by atoms with Gasteiger partial charge in [0.15, 0.2) is 0 Å². The number of Topliss-reactive ketones (excluding diaryl/α,β-unsaturated/α-hetero) is 1. The first-order valence-corrected chi connectivity index (χ1v) is 8.15. The van der Waals surface area contributed by atoms with Gasteiger partial charge in [-0.3, -0.25) is 15.0 Å². The lowest BCUT2D eigenvalue weighted by atomic mass is 10.1. The second-order valence-electron chi connectivity index (χ2n) is 5.61. The highest BCUT2D eigenvalue weighted by Crippen LogP contribution is 2.26. The third-order valence-electron chi connectivity index (χ3n) is 3.77. The van der Waals surface area contributed by atoms with Gasteiger partial charge in [-0.15, -0.1) is 5.10 Å². The van der Waals surface area contributed by atoms with Gasteiger partial charge in [0.2, 0.25) is 17.5 Å². The van der Waals surface area contributed by atoms with Crippen LogP contribution >= 0.6 is 11.6 Å². The Kier molecular flexibility index (Phi) is 4.72. The zero-order valence-corrected chi connectivity index (χ0v) is 14.6. The molecule has 1 N–H and O–H groups in total. The number of amidine groups is 1. The van der Waals surface area contributed by atoms with Crippen molar-refractivity contribution in [2.45, 2.75) is 20.0 Å². The van der Waals surface area contributed by atoms with Crippen LogP contribution in [0.3, 0.4) is 0 Å². The monoisotopic (exact) mass is 356 g/mol. The molecule has 2 aromatic carbocycles. The molecule has 0 saturated carbocycles. The Morgan fingerprint density at radius 1 is 1.08 bits per heavy atom. The number of ketones is 1. The Morgan fingerprint density at radius 2 is 1.72 bits per heavy atom. The Balaban J connectivity index is 1.98. The van der Waals surface area contributed by atoms with Crippen molar-refractivity contribution in [3.63, 3.8) is 0 Å². The minimum Gasteiger partial charge on any atom is -0.285 e. The number of halogens is 1. The molecule has 0 spiro atoms. The number of anilines is 1. The molecule has 1 aliphatic rings. The molecule has 0 aromatic heterocycles. The van der Waals surface area contributed by atoms with E-state index >= 15 is 0 Å². The highest BCUT2D eigenvalue weighted by Gasteiger charge is 2.36. The van der Waals surface area contributed by atoms with E-state index in [-0.39, 0.29) is 23.7 Å². The van der Waals surface area contributed by atoms with Crippen LogP contribution in [0.25, 0.3) is 0 Å². The Hall–Kier alpha value is -2.86. The van der Waals surface area contributed by atoms with E-state index in [1.165, 1.54) is 11.9 Å². The number of carbonyl (C=O) groups is 2. The molecule has 0 fully saturated rings. The molecule has 0 radical (unpaired) electrons. The summed E-state index contributed by atoms with van der Waals surface area (Å²) in [6.07, 6.45) is -0.368. The van der Waals surface area contributed by atoms with Crippen molar-refractivity contribution in [2.75, 3.05) is 5.01 Å². The van der Waals surface area contributed by atoms with Gasteiger partial charge in [-0.05, 0) is 31.2 Å². The number of hydrogen-bond acceptors (Lipinski definition) is 5. The van der Waals surface area contributed by atoms with Crippen molar-refractivity contribution in [1.29, 1.82) is 0 Å². The minimum atomic E-state index is -0.368. The number of hydrazone groups is 1. The van der Waals surface area contributed by atoms with Gasteiger partial charge in [0.25, 0.3) is 0 Å². The molecule has 1 unspecified atom stereocenters. The van der Waals surface area contributed by atoms with Crippen molar-refractivity contribution < 1.29 is 9.59 Å². The molecule has 1 heterocycles. The Labute approximate surface area is 150 Å². The van der Waals surface area contributed by atoms with Crippen LogP contribution in [0.2, 0.25) is 5.02 Å². The van der Waals surface area contributed by atoms with Crippen molar-refractivity contribution in [3.8, 4) is 0 Å². The van der Waals surface area contributed by atoms with Crippen LogP contribution in [0.15, 0.2) is 59.7 Å². The standard InChI is InChI=1S/C18H17ClN4O2/c1-12(24)20-23-13(2)22(16-10-8-15(19)9-11-16)21-18(23)17(25)14-6-4-3-5-7-14/h3-11,13H,1-2H3,(H,20,24). The molecule has 0 saturated heterocycles. The third kappa shape index (κ3) is 3.49. The molecule has 1 aliphatic heterocycles. The highest BCUT2D eigenvalue weighted by molar-refractivity contribution is 6.45. The van der Waals surface area contributed by atoms with Crippen LogP contribution in [0, 0.1) is 0 Å².